The number of aliphatic hydroxyl groups is 1. The van der Waals surface area contributed by atoms with E-state index in [0.29, 0.717) is 19.8 Å². The smallest absolute Gasteiger partial charge is 0.0771 e. The van der Waals surface area contributed by atoms with Crippen LogP contribution in [0, 0.1) is 0 Å². The molecule has 2 rings (SSSR count). The Hall–Kier alpha value is -0.900. The first kappa shape index (κ1) is 12.6. The zero-order valence-electron chi connectivity index (χ0n) is 10.2. The summed E-state index contributed by atoms with van der Waals surface area (Å²) in [7, 11) is 0. The van der Waals surface area contributed by atoms with Crippen LogP contribution in [0.25, 0.3) is 0 Å². The van der Waals surface area contributed by atoms with Crippen molar-refractivity contribution in [1.82, 2.24) is 5.32 Å². The van der Waals surface area contributed by atoms with Gasteiger partial charge in [0, 0.05) is 13.1 Å². The van der Waals surface area contributed by atoms with Crippen LogP contribution >= 0.6 is 0 Å². The van der Waals surface area contributed by atoms with E-state index >= 15 is 0 Å². The highest BCUT2D eigenvalue weighted by Crippen LogP contribution is 2.30. The highest BCUT2D eigenvalue weighted by molar-refractivity contribution is 5.13. The Kier molecular flexibility index (Phi) is 4.54. The Morgan fingerprint density at radius 1 is 1.24 bits per heavy atom. The summed E-state index contributed by atoms with van der Waals surface area (Å²) in [6.07, 6.45) is 3.03. The lowest BCUT2D eigenvalue weighted by Crippen LogP contribution is -2.46. The summed E-state index contributed by atoms with van der Waals surface area (Å²) in [5.41, 5.74) is 0.768. The van der Waals surface area contributed by atoms with Crippen LogP contribution in [0.15, 0.2) is 30.3 Å². The fourth-order valence-electron chi connectivity index (χ4n) is 1.99. The number of ether oxygens (including phenoxy) is 1. The summed E-state index contributed by atoms with van der Waals surface area (Å²) in [6.45, 7) is 2.84. The monoisotopic (exact) mass is 235 g/mol. The van der Waals surface area contributed by atoms with E-state index in [1.54, 1.807) is 0 Å². The lowest BCUT2D eigenvalue weighted by atomic mass is 9.80. The maximum absolute atomic E-state index is 9.84. The molecule has 0 aromatic heterocycles. The molecule has 17 heavy (non-hydrogen) atoms. The number of benzene rings is 1. The Morgan fingerprint density at radius 2 is 2.00 bits per heavy atom. The Balaban J connectivity index is 1.49. The van der Waals surface area contributed by atoms with Gasteiger partial charge in [-0.1, -0.05) is 30.3 Å². The van der Waals surface area contributed by atoms with Crippen LogP contribution in [0.5, 0.6) is 0 Å². The van der Waals surface area contributed by atoms with Gasteiger partial charge < -0.3 is 15.2 Å². The molecule has 0 aliphatic heterocycles. The van der Waals surface area contributed by atoms with E-state index in [4.69, 9.17) is 4.74 Å². The molecule has 1 aromatic rings. The molecule has 3 heteroatoms. The molecular weight excluding hydrogens is 214 g/mol. The van der Waals surface area contributed by atoms with Crippen molar-refractivity contribution in [3.05, 3.63) is 35.9 Å². The van der Waals surface area contributed by atoms with E-state index in [2.05, 4.69) is 17.4 Å². The molecule has 1 aromatic carbocycles. The minimum Gasteiger partial charge on any atom is -0.389 e. The fourth-order valence-corrected chi connectivity index (χ4v) is 1.99. The molecule has 1 saturated carbocycles. The average Bonchev–Trinajstić information content (AvgIpc) is 2.33. The van der Waals surface area contributed by atoms with E-state index in [0.717, 1.165) is 25.8 Å². The third-order valence-corrected chi connectivity index (χ3v) is 3.27. The summed E-state index contributed by atoms with van der Waals surface area (Å²) in [4.78, 5) is 0. The normalized spacial score (nSPS) is 17.7. The molecule has 1 aliphatic rings. The Labute approximate surface area is 103 Å². The predicted molar refractivity (Wildman–Crippen MR) is 67.8 cm³/mol. The molecule has 1 fully saturated rings. The average molecular weight is 235 g/mol. The van der Waals surface area contributed by atoms with Gasteiger partial charge >= 0.3 is 0 Å². The van der Waals surface area contributed by atoms with Crippen molar-refractivity contribution in [2.24, 2.45) is 0 Å². The van der Waals surface area contributed by atoms with Crippen molar-refractivity contribution in [2.45, 2.75) is 31.5 Å². The number of nitrogens with one attached hydrogen (secondary N) is 1. The van der Waals surface area contributed by atoms with Crippen LogP contribution in [0.1, 0.15) is 24.8 Å². The lowest BCUT2D eigenvalue weighted by molar-refractivity contribution is -0.0323. The largest absolute Gasteiger partial charge is 0.389 e. The first-order valence-electron chi connectivity index (χ1n) is 6.33. The molecule has 0 heterocycles. The maximum Gasteiger partial charge on any atom is 0.0771 e. The van der Waals surface area contributed by atoms with Gasteiger partial charge in [0.2, 0.25) is 0 Å². The second-order valence-corrected chi connectivity index (χ2v) is 4.79. The van der Waals surface area contributed by atoms with E-state index < -0.39 is 5.60 Å². The third kappa shape index (κ3) is 4.11. The highest BCUT2D eigenvalue weighted by Gasteiger charge is 2.33. The lowest BCUT2D eigenvalue weighted by Gasteiger charge is -2.36. The van der Waals surface area contributed by atoms with Crippen molar-refractivity contribution in [2.75, 3.05) is 19.7 Å². The number of rotatable bonds is 7. The molecule has 3 nitrogen and oxygen atoms in total. The second-order valence-electron chi connectivity index (χ2n) is 4.79. The quantitative estimate of drug-likeness (QED) is 0.707. The van der Waals surface area contributed by atoms with Crippen molar-refractivity contribution < 1.29 is 9.84 Å². The van der Waals surface area contributed by atoms with Gasteiger partial charge in [-0.3, -0.25) is 0 Å². The van der Waals surface area contributed by atoms with Crippen molar-refractivity contribution >= 4 is 0 Å². The first-order valence-corrected chi connectivity index (χ1v) is 6.33. The summed E-state index contributed by atoms with van der Waals surface area (Å²) >= 11 is 0. The summed E-state index contributed by atoms with van der Waals surface area (Å²) < 4.78 is 5.54. The Morgan fingerprint density at radius 3 is 2.65 bits per heavy atom. The number of hydrogen-bond donors (Lipinski definition) is 2. The molecule has 0 amide bonds. The van der Waals surface area contributed by atoms with Gasteiger partial charge in [-0.25, -0.2) is 0 Å². The highest BCUT2D eigenvalue weighted by atomic mass is 16.5. The Bertz CT molecular complexity index is 322. The van der Waals surface area contributed by atoms with Crippen molar-refractivity contribution in [1.29, 1.82) is 0 Å². The van der Waals surface area contributed by atoms with E-state index in [-0.39, 0.29) is 0 Å². The van der Waals surface area contributed by atoms with Crippen molar-refractivity contribution in [3.8, 4) is 0 Å². The van der Waals surface area contributed by atoms with Crippen LogP contribution < -0.4 is 5.32 Å². The summed E-state index contributed by atoms with van der Waals surface area (Å²) in [5, 5.41) is 13.1. The van der Waals surface area contributed by atoms with Gasteiger partial charge in [-0.05, 0) is 24.8 Å². The van der Waals surface area contributed by atoms with Crippen LogP contribution in [0.4, 0.5) is 0 Å². The summed E-state index contributed by atoms with van der Waals surface area (Å²) in [6, 6.07) is 10.2. The van der Waals surface area contributed by atoms with Gasteiger partial charge in [0.1, 0.15) is 0 Å². The predicted octanol–water partition coefficient (Wildman–Crippen LogP) is 1.71. The molecule has 0 unspecified atom stereocenters. The molecular formula is C14H21NO2. The zero-order chi connectivity index (χ0) is 12.0. The minimum absolute atomic E-state index is 0.431. The molecule has 0 spiro atoms. The van der Waals surface area contributed by atoms with Gasteiger partial charge in [0.25, 0.3) is 0 Å². The zero-order valence-corrected chi connectivity index (χ0v) is 10.2. The molecule has 94 valence electrons. The van der Waals surface area contributed by atoms with Crippen molar-refractivity contribution in [3.63, 3.8) is 0 Å². The standard InChI is InChI=1S/C14H21NO2/c16-14(7-4-8-14)12-15-9-10-17-11-13-5-2-1-3-6-13/h1-3,5-6,15-16H,4,7-12H2. The van der Waals surface area contributed by atoms with Crippen LogP contribution in [0.3, 0.4) is 0 Å². The second kappa shape index (κ2) is 6.15. The number of hydrogen-bond acceptors (Lipinski definition) is 3. The third-order valence-electron chi connectivity index (χ3n) is 3.27. The van der Waals surface area contributed by atoms with Gasteiger partial charge in [-0.15, -0.1) is 0 Å². The van der Waals surface area contributed by atoms with Gasteiger partial charge in [-0.2, -0.15) is 0 Å². The van der Waals surface area contributed by atoms with E-state index in [1.165, 1.54) is 5.56 Å². The first-order chi connectivity index (χ1) is 8.29. The van der Waals surface area contributed by atoms with Gasteiger partial charge in [0.05, 0.1) is 18.8 Å². The van der Waals surface area contributed by atoms with E-state index in [1.807, 2.05) is 18.2 Å². The SMILES string of the molecule is OC1(CNCCOCc2ccccc2)CCC1. The van der Waals surface area contributed by atoms with Crippen LogP contribution in [0.2, 0.25) is 0 Å². The fraction of sp³-hybridized carbons (Fsp3) is 0.571. The molecule has 2 N–H and O–H groups in total. The maximum atomic E-state index is 9.84. The van der Waals surface area contributed by atoms with Gasteiger partial charge in [0.15, 0.2) is 0 Å². The molecule has 0 saturated heterocycles. The molecule has 0 radical (unpaired) electrons. The van der Waals surface area contributed by atoms with Crippen LogP contribution in [-0.2, 0) is 11.3 Å². The summed E-state index contributed by atoms with van der Waals surface area (Å²) in [5.74, 6) is 0. The molecule has 0 bridgehead atoms. The van der Waals surface area contributed by atoms with E-state index in [9.17, 15) is 5.11 Å². The minimum atomic E-state index is -0.431. The van der Waals surface area contributed by atoms with Crippen LogP contribution in [-0.4, -0.2) is 30.4 Å². The molecule has 0 atom stereocenters. The topological polar surface area (TPSA) is 41.5 Å². The molecule has 1 aliphatic carbocycles.